The minimum atomic E-state index is 0.476. The van der Waals surface area contributed by atoms with Crippen LogP contribution in [0.15, 0.2) is 48.9 Å². The van der Waals surface area contributed by atoms with Crippen LogP contribution in [0.5, 0.6) is 0 Å². The van der Waals surface area contributed by atoms with Crippen molar-refractivity contribution < 1.29 is 0 Å². The number of aromatic amines is 1. The number of fused-ring (bicyclic) bond motifs is 4. The van der Waals surface area contributed by atoms with Crippen molar-refractivity contribution in [1.29, 1.82) is 0 Å². The van der Waals surface area contributed by atoms with Crippen LogP contribution < -0.4 is 10.2 Å². The van der Waals surface area contributed by atoms with E-state index in [4.69, 9.17) is 9.97 Å². The van der Waals surface area contributed by atoms with Crippen LogP contribution in [-0.4, -0.2) is 51.1 Å². The SMILES string of the molecule is CN[C@@H]1CCN(c2nc(-c3ccnc4[nH]c5ccccc5c34)nc3cncc(C4CCC4)c23)C1. The number of pyridine rings is 2. The van der Waals surface area contributed by atoms with E-state index < -0.39 is 0 Å². The summed E-state index contributed by atoms with van der Waals surface area (Å²) >= 11 is 0. The van der Waals surface area contributed by atoms with E-state index in [-0.39, 0.29) is 0 Å². The van der Waals surface area contributed by atoms with Crippen LogP contribution in [-0.2, 0) is 0 Å². The second-order valence-corrected chi connectivity index (χ2v) is 9.59. The molecule has 4 aromatic heterocycles. The van der Waals surface area contributed by atoms with E-state index in [0.29, 0.717) is 12.0 Å². The normalized spacial score (nSPS) is 18.9. The Bertz CT molecular complexity index is 1530. The lowest BCUT2D eigenvalue weighted by molar-refractivity contribution is 0.421. The zero-order valence-corrected chi connectivity index (χ0v) is 19.3. The molecule has 170 valence electrons. The van der Waals surface area contributed by atoms with Crippen LogP contribution in [0.4, 0.5) is 5.82 Å². The molecule has 5 aromatic rings. The molecule has 2 aliphatic rings. The number of hydrogen-bond donors (Lipinski definition) is 2. The highest BCUT2D eigenvalue weighted by Gasteiger charge is 2.29. The molecule has 0 amide bonds. The van der Waals surface area contributed by atoms with Crippen molar-refractivity contribution in [2.24, 2.45) is 0 Å². The summed E-state index contributed by atoms with van der Waals surface area (Å²) in [5.41, 5.74) is 5.18. The van der Waals surface area contributed by atoms with Gasteiger partial charge in [-0.1, -0.05) is 24.6 Å². The number of likely N-dealkylation sites (N-methyl/N-ethyl adjacent to an activating group) is 1. The van der Waals surface area contributed by atoms with Gasteiger partial charge in [0, 0.05) is 58.8 Å². The minimum absolute atomic E-state index is 0.476. The van der Waals surface area contributed by atoms with Crippen molar-refractivity contribution in [2.45, 2.75) is 37.6 Å². The van der Waals surface area contributed by atoms with E-state index in [0.717, 1.165) is 64.2 Å². The topological polar surface area (TPSA) is 82.6 Å². The molecule has 1 atom stereocenters. The van der Waals surface area contributed by atoms with Crippen LogP contribution >= 0.6 is 0 Å². The molecule has 5 heterocycles. The average Bonchev–Trinajstić information content (AvgIpc) is 3.47. The van der Waals surface area contributed by atoms with Crippen molar-refractivity contribution in [3.05, 3.63) is 54.5 Å². The first-order chi connectivity index (χ1) is 16.8. The van der Waals surface area contributed by atoms with Gasteiger partial charge in [-0.2, -0.15) is 0 Å². The summed E-state index contributed by atoms with van der Waals surface area (Å²) in [5, 5.41) is 6.85. The van der Waals surface area contributed by atoms with Crippen molar-refractivity contribution >= 4 is 38.7 Å². The van der Waals surface area contributed by atoms with Gasteiger partial charge in [0.15, 0.2) is 5.82 Å². The predicted octanol–water partition coefficient (Wildman–Crippen LogP) is 4.79. The molecule has 1 aliphatic carbocycles. The van der Waals surface area contributed by atoms with Crippen molar-refractivity contribution in [2.75, 3.05) is 25.0 Å². The summed E-state index contributed by atoms with van der Waals surface area (Å²) in [7, 11) is 2.05. The van der Waals surface area contributed by atoms with Crippen molar-refractivity contribution in [3.8, 4) is 11.4 Å². The Morgan fingerprint density at radius 2 is 1.94 bits per heavy atom. The van der Waals surface area contributed by atoms with E-state index in [1.165, 1.54) is 30.2 Å². The quantitative estimate of drug-likeness (QED) is 0.411. The Balaban J connectivity index is 1.49. The van der Waals surface area contributed by atoms with Gasteiger partial charge in [0.1, 0.15) is 11.5 Å². The highest BCUT2D eigenvalue weighted by molar-refractivity contribution is 6.12. The Morgan fingerprint density at radius 3 is 2.76 bits per heavy atom. The van der Waals surface area contributed by atoms with Crippen molar-refractivity contribution in [3.63, 3.8) is 0 Å². The van der Waals surface area contributed by atoms with Gasteiger partial charge in [0.25, 0.3) is 0 Å². The Kier molecular flexibility index (Phi) is 4.52. The minimum Gasteiger partial charge on any atom is -0.354 e. The smallest absolute Gasteiger partial charge is 0.163 e. The molecule has 1 saturated carbocycles. The zero-order chi connectivity index (χ0) is 22.6. The lowest BCUT2D eigenvalue weighted by Crippen LogP contribution is -2.30. The molecule has 0 unspecified atom stereocenters. The fraction of sp³-hybridized carbons (Fsp3) is 0.333. The van der Waals surface area contributed by atoms with E-state index in [1.807, 2.05) is 31.6 Å². The summed E-state index contributed by atoms with van der Waals surface area (Å²) in [6.07, 6.45) is 10.7. The molecular formula is C27H27N7. The second kappa shape index (κ2) is 7.74. The van der Waals surface area contributed by atoms with Crippen LogP contribution in [0.25, 0.3) is 44.2 Å². The molecule has 1 saturated heterocycles. The largest absolute Gasteiger partial charge is 0.354 e. The molecule has 7 heteroatoms. The first-order valence-corrected chi connectivity index (χ1v) is 12.2. The highest BCUT2D eigenvalue weighted by atomic mass is 15.2. The number of nitrogens with zero attached hydrogens (tertiary/aromatic N) is 5. The van der Waals surface area contributed by atoms with Gasteiger partial charge in [-0.15, -0.1) is 0 Å². The number of H-pyrrole nitrogens is 1. The number of para-hydroxylation sites is 1. The maximum Gasteiger partial charge on any atom is 0.163 e. The number of aromatic nitrogens is 5. The molecule has 7 nitrogen and oxygen atoms in total. The maximum absolute atomic E-state index is 5.28. The molecule has 2 fully saturated rings. The molecular weight excluding hydrogens is 422 g/mol. The van der Waals surface area contributed by atoms with Gasteiger partial charge in [0.05, 0.1) is 11.7 Å². The fourth-order valence-corrected chi connectivity index (χ4v) is 5.61. The van der Waals surface area contributed by atoms with Crippen molar-refractivity contribution in [1.82, 2.24) is 30.2 Å². The lowest BCUT2D eigenvalue weighted by Gasteiger charge is -2.28. The third-order valence-electron chi connectivity index (χ3n) is 7.70. The molecule has 1 aliphatic heterocycles. The Labute approximate surface area is 197 Å². The third-order valence-corrected chi connectivity index (χ3v) is 7.70. The number of anilines is 1. The summed E-state index contributed by atoms with van der Waals surface area (Å²) in [6, 6.07) is 10.8. The third kappa shape index (κ3) is 3.00. The van der Waals surface area contributed by atoms with Crippen LogP contribution in [0, 0.1) is 0 Å². The van der Waals surface area contributed by atoms with Crippen LogP contribution in [0.1, 0.15) is 37.2 Å². The molecule has 1 aromatic carbocycles. The fourth-order valence-electron chi connectivity index (χ4n) is 5.61. The Hall–Kier alpha value is -3.58. The summed E-state index contributed by atoms with van der Waals surface area (Å²) in [6.45, 7) is 1.94. The van der Waals surface area contributed by atoms with E-state index in [9.17, 15) is 0 Å². The monoisotopic (exact) mass is 449 g/mol. The first-order valence-electron chi connectivity index (χ1n) is 12.2. The van der Waals surface area contributed by atoms with Crippen LogP contribution in [0.3, 0.4) is 0 Å². The summed E-state index contributed by atoms with van der Waals surface area (Å²) in [5.74, 6) is 2.35. The van der Waals surface area contributed by atoms with Gasteiger partial charge >= 0.3 is 0 Å². The molecule has 7 rings (SSSR count). The molecule has 0 radical (unpaired) electrons. The average molecular weight is 450 g/mol. The van der Waals surface area contributed by atoms with Gasteiger partial charge in [-0.25, -0.2) is 15.0 Å². The summed E-state index contributed by atoms with van der Waals surface area (Å²) < 4.78 is 0. The number of nitrogens with one attached hydrogen (secondary N) is 2. The van der Waals surface area contributed by atoms with Gasteiger partial charge in [-0.3, -0.25) is 4.98 Å². The predicted molar refractivity (Wildman–Crippen MR) is 136 cm³/mol. The van der Waals surface area contributed by atoms with E-state index in [2.05, 4.69) is 49.6 Å². The molecule has 0 spiro atoms. The molecule has 0 bridgehead atoms. The first kappa shape index (κ1) is 19.9. The standard InChI is InChI=1S/C27H27N7/c1-28-17-10-12-34(15-17)27-24-20(16-5-4-6-16)13-29-14-22(24)32-25(33-27)19-9-11-30-26-23(19)18-7-2-3-8-21(18)31-26/h2-3,7-9,11,13-14,16-17,28H,4-6,10,12,15H2,1H3,(H,30,31)/t17-/m1/s1. The maximum atomic E-state index is 5.28. The van der Waals surface area contributed by atoms with Gasteiger partial charge in [-0.05, 0) is 49.9 Å². The number of rotatable bonds is 4. The van der Waals surface area contributed by atoms with Gasteiger partial charge < -0.3 is 15.2 Å². The highest BCUT2D eigenvalue weighted by Crippen LogP contribution is 2.43. The Morgan fingerprint density at radius 1 is 1.03 bits per heavy atom. The second-order valence-electron chi connectivity index (χ2n) is 9.59. The lowest BCUT2D eigenvalue weighted by atomic mass is 9.79. The van der Waals surface area contributed by atoms with Gasteiger partial charge in [0.2, 0.25) is 0 Å². The van der Waals surface area contributed by atoms with Crippen LogP contribution in [0.2, 0.25) is 0 Å². The number of benzene rings is 1. The van der Waals surface area contributed by atoms with E-state index >= 15 is 0 Å². The molecule has 34 heavy (non-hydrogen) atoms. The number of hydrogen-bond acceptors (Lipinski definition) is 6. The zero-order valence-electron chi connectivity index (χ0n) is 19.3. The summed E-state index contributed by atoms with van der Waals surface area (Å²) in [4.78, 5) is 25.5. The van der Waals surface area contributed by atoms with E-state index in [1.54, 1.807) is 0 Å². The molecule has 2 N–H and O–H groups in total.